The topological polar surface area (TPSA) is 67.2 Å². The molecule has 25 heavy (non-hydrogen) atoms. The Labute approximate surface area is 144 Å². The van der Waals surface area contributed by atoms with Gasteiger partial charge >= 0.3 is 5.97 Å². The van der Waals surface area contributed by atoms with Crippen LogP contribution in [0, 0.1) is 5.82 Å². The van der Waals surface area contributed by atoms with Gasteiger partial charge in [-0.15, -0.1) is 0 Å². The van der Waals surface area contributed by atoms with Crippen LogP contribution in [0.25, 0.3) is 16.9 Å². The van der Waals surface area contributed by atoms with E-state index in [0.717, 1.165) is 16.8 Å². The first-order chi connectivity index (χ1) is 12.0. The van der Waals surface area contributed by atoms with E-state index >= 15 is 0 Å². The summed E-state index contributed by atoms with van der Waals surface area (Å²) in [4.78, 5) is 11.0. The molecule has 5 nitrogen and oxygen atoms in total. The summed E-state index contributed by atoms with van der Waals surface area (Å²) in [5.74, 6) is -1.23. The highest BCUT2D eigenvalue weighted by Crippen LogP contribution is 2.24. The smallest absolute Gasteiger partial charge is 0.320 e. The van der Waals surface area contributed by atoms with Crippen molar-refractivity contribution in [2.24, 2.45) is 0 Å². The fraction of sp³-hybridized carbons (Fsp3) is 0.158. The highest BCUT2D eigenvalue weighted by Gasteiger charge is 2.15. The maximum absolute atomic E-state index is 13.2. The standard InChI is InChI=1S/C19H18FN3O2/c1-13(19(24)25)21-11-15-12-23(17-5-3-2-4-6-17)22-18(15)14-7-9-16(20)10-8-14/h2-10,12-13,21H,11H2,1H3,(H,24,25)/t13-/m1/s1. The molecule has 0 aliphatic heterocycles. The van der Waals surface area contributed by atoms with Gasteiger partial charge < -0.3 is 10.4 Å². The normalized spacial score (nSPS) is 12.1. The number of hydrogen-bond donors (Lipinski definition) is 2. The van der Waals surface area contributed by atoms with Crippen LogP contribution in [0.4, 0.5) is 4.39 Å². The van der Waals surface area contributed by atoms with E-state index in [-0.39, 0.29) is 5.82 Å². The monoisotopic (exact) mass is 339 g/mol. The van der Waals surface area contributed by atoms with Gasteiger partial charge in [-0.3, -0.25) is 4.79 Å². The summed E-state index contributed by atoms with van der Waals surface area (Å²) < 4.78 is 14.9. The molecule has 0 saturated carbocycles. The lowest BCUT2D eigenvalue weighted by molar-refractivity contribution is -0.139. The third-order valence-corrected chi connectivity index (χ3v) is 3.90. The van der Waals surface area contributed by atoms with Gasteiger partial charge in [0.2, 0.25) is 0 Å². The second kappa shape index (κ2) is 7.27. The maximum atomic E-state index is 13.2. The minimum Gasteiger partial charge on any atom is -0.480 e. The predicted molar refractivity (Wildman–Crippen MR) is 92.9 cm³/mol. The Kier molecular flexibility index (Phi) is 4.90. The molecule has 0 fully saturated rings. The maximum Gasteiger partial charge on any atom is 0.320 e. The molecule has 1 atom stereocenters. The molecule has 0 aliphatic carbocycles. The van der Waals surface area contributed by atoms with Gasteiger partial charge in [-0.1, -0.05) is 18.2 Å². The number of halogens is 1. The third kappa shape index (κ3) is 3.92. The van der Waals surface area contributed by atoms with Crippen LogP contribution in [0.3, 0.4) is 0 Å². The number of carboxylic acids is 1. The van der Waals surface area contributed by atoms with Gasteiger partial charge in [0, 0.05) is 23.9 Å². The molecular weight excluding hydrogens is 321 g/mol. The summed E-state index contributed by atoms with van der Waals surface area (Å²) in [5.41, 5.74) is 3.19. The number of carboxylic acid groups (broad SMARTS) is 1. The molecule has 0 saturated heterocycles. The van der Waals surface area contributed by atoms with Crippen LogP contribution < -0.4 is 5.32 Å². The Balaban J connectivity index is 1.97. The Bertz CT molecular complexity index is 860. The number of benzene rings is 2. The quantitative estimate of drug-likeness (QED) is 0.723. The van der Waals surface area contributed by atoms with Crippen molar-refractivity contribution in [1.82, 2.24) is 15.1 Å². The van der Waals surface area contributed by atoms with Gasteiger partial charge in [0.15, 0.2) is 0 Å². The molecule has 2 aromatic carbocycles. The van der Waals surface area contributed by atoms with Crippen molar-refractivity contribution in [3.8, 4) is 16.9 Å². The zero-order valence-electron chi connectivity index (χ0n) is 13.7. The van der Waals surface area contributed by atoms with Gasteiger partial charge in [0.25, 0.3) is 0 Å². The summed E-state index contributed by atoms with van der Waals surface area (Å²) in [6, 6.07) is 15.0. The van der Waals surface area contributed by atoms with Gasteiger partial charge in [0.1, 0.15) is 11.9 Å². The van der Waals surface area contributed by atoms with Crippen molar-refractivity contribution < 1.29 is 14.3 Å². The Morgan fingerprint density at radius 3 is 2.52 bits per heavy atom. The summed E-state index contributed by atoms with van der Waals surface area (Å²) in [7, 11) is 0. The number of aromatic nitrogens is 2. The molecule has 3 aromatic rings. The Morgan fingerprint density at radius 1 is 1.20 bits per heavy atom. The lowest BCUT2D eigenvalue weighted by atomic mass is 10.1. The van der Waals surface area contributed by atoms with Crippen molar-refractivity contribution in [1.29, 1.82) is 0 Å². The predicted octanol–water partition coefficient (Wildman–Crippen LogP) is 3.24. The van der Waals surface area contributed by atoms with E-state index in [2.05, 4.69) is 10.4 Å². The summed E-state index contributed by atoms with van der Waals surface area (Å²) in [6.07, 6.45) is 1.86. The molecule has 0 amide bonds. The second-order valence-electron chi connectivity index (χ2n) is 5.73. The SMILES string of the molecule is C[C@@H](NCc1cn(-c2ccccc2)nc1-c1ccc(F)cc1)C(=O)O. The van der Waals surface area contributed by atoms with E-state index in [0.29, 0.717) is 12.2 Å². The van der Waals surface area contributed by atoms with Gasteiger partial charge in [-0.05, 0) is 43.3 Å². The van der Waals surface area contributed by atoms with Crippen LogP contribution in [0.5, 0.6) is 0 Å². The molecule has 0 spiro atoms. The van der Waals surface area contributed by atoms with E-state index < -0.39 is 12.0 Å². The number of aliphatic carboxylic acids is 1. The summed E-state index contributed by atoms with van der Waals surface area (Å²) in [5, 5.41) is 16.6. The largest absolute Gasteiger partial charge is 0.480 e. The number of hydrogen-bond acceptors (Lipinski definition) is 3. The molecule has 1 heterocycles. The van der Waals surface area contributed by atoms with Gasteiger partial charge in [0.05, 0.1) is 11.4 Å². The van der Waals surface area contributed by atoms with E-state index in [1.54, 1.807) is 23.7 Å². The minimum absolute atomic E-state index is 0.314. The van der Waals surface area contributed by atoms with Gasteiger partial charge in [-0.2, -0.15) is 5.10 Å². The highest BCUT2D eigenvalue weighted by molar-refractivity contribution is 5.73. The Morgan fingerprint density at radius 2 is 1.88 bits per heavy atom. The summed E-state index contributed by atoms with van der Waals surface area (Å²) in [6.45, 7) is 1.93. The molecule has 0 unspecified atom stereocenters. The van der Waals surface area contributed by atoms with Crippen molar-refractivity contribution >= 4 is 5.97 Å². The fourth-order valence-corrected chi connectivity index (χ4v) is 2.45. The molecule has 0 aliphatic rings. The van der Waals surface area contributed by atoms with E-state index in [1.165, 1.54) is 12.1 Å². The van der Waals surface area contributed by atoms with Crippen LogP contribution >= 0.6 is 0 Å². The van der Waals surface area contributed by atoms with E-state index in [1.807, 2.05) is 36.5 Å². The van der Waals surface area contributed by atoms with Crippen molar-refractivity contribution in [2.45, 2.75) is 19.5 Å². The highest BCUT2D eigenvalue weighted by atomic mass is 19.1. The Hall–Kier alpha value is -2.99. The van der Waals surface area contributed by atoms with E-state index in [9.17, 15) is 9.18 Å². The minimum atomic E-state index is -0.918. The average Bonchev–Trinajstić information content (AvgIpc) is 3.05. The molecular formula is C19H18FN3O2. The molecule has 0 bridgehead atoms. The van der Waals surface area contributed by atoms with Crippen LogP contribution in [0.2, 0.25) is 0 Å². The molecule has 128 valence electrons. The van der Waals surface area contributed by atoms with Crippen molar-refractivity contribution in [3.05, 3.63) is 72.2 Å². The number of rotatable bonds is 6. The average molecular weight is 339 g/mol. The first-order valence-electron chi connectivity index (χ1n) is 7.90. The number of nitrogens with one attached hydrogen (secondary N) is 1. The lowest BCUT2D eigenvalue weighted by Gasteiger charge is -2.08. The number of para-hydroxylation sites is 1. The van der Waals surface area contributed by atoms with Crippen LogP contribution in [-0.2, 0) is 11.3 Å². The van der Waals surface area contributed by atoms with Gasteiger partial charge in [-0.25, -0.2) is 9.07 Å². The van der Waals surface area contributed by atoms with Crippen molar-refractivity contribution in [2.75, 3.05) is 0 Å². The number of nitrogens with zero attached hydrogens (tertiary/aromatic N) is 2. The second-order valence-corrected chi connectivity index (χ2v) is 5.73. The first-order valence-corrected chi connectivity index (χ1v) is 7.90. The van der Waals surface area contributed by atoms with Crippen LogP contribution in [0.1, 0.15) is 12.5 Å². The van der Waals surface area contributed by atoms with Crippen LogP contribution in [0.15, 0.2) is 60.8 Å². The zero-order valence-corrected chi connectivity index (χ0v) is 13.7. The molecule has 3 rings (SSSR count). The molecule has 2 N–H and O–H groups in total. The molecule has 1 aromatic heterocycles. The number of carbonyl (C=O) groups is 1. The molecule has 6 heteroatoms. The fourth-order valence-electron chi connectivity index (χ4n) is 2.45. The van der Waals surface area contributed by atoms with Crippen LogP contribution in [-0.4, -0.2) is 26.9 Å². The zero-order chi connectivity index (χ0) is 17.8. The van der Waals surface area contributed by atoms with Crippen molar-refractivity contribution in [3.63, 3.8) is 0 Å². The third-order valence-electron chi connectivity index (χ3n) is 3.90. The first kappa shape index (κ1) is 16.9. The summed E-state index contributed by atoms with van der Waals surface area (Å²) >= 11 is 0. The lowest BCUT2D eigenvalue weighted by Crippen LogP contribution is -2.33. The molecule has 0 radical (unpaired) electrons. The van der Waals surface area contributed by atoms with E-state index in [4.69, 9.17) is 5.11 Å².